The van der Waals surface area contributed by atoms with Crippen molar-refractivity contribution < 1.29 is 8.78 Å². The zero-order chi connectivity index (χ0) is 14.3. The zero-order valence-corrected chi connectivity index (χ0v) is 11.3. The number of nitrogens with one attached hydrogen (secondary N) is 1. The molecule has 0 atom stereocenters. The Labute approximate surface area is 115 Å². The van der Waals surface area contributed by atoms with Crippen molar-refractivity contribution >= 4 is 11.0 Å². The van der Waals surface area contributed by atoms with E-state index in [2.05, 4.69) is 16.0 Å². The van der Waals surface area contributed by atoms with Gasteiger partial charge in [-0.05, 0) is 48.7 Å². The number of aromatic nitrogens is 2. The number of nitrogens with zero attached hydrogens (tertiary/aromatic N) is 1. The predicted octanol–water partition coefficient (Wildman–Crippen LogP) is 4.05. The molecule has 0 amide bonds. The van der Waals surface area contributed by atoms with Crippen molar-refractivity contribution in [1.82, 2.24) is 9.97 Å². The second kappa shape index (κ2) is 4.71. The fourth-order valence-electron chi connectivity index (χ4n) is 2.45. The number of hydrogen-bond acceptors (Lipinski definition) is 1. The van der Waals surface area contributed by atoms with Gasteiger partial charge in [-0.25, -0.2) is 13.8 Å². The van der Waals surface area contributed by atoms with Gasteiger partial charge in [0.05, 0.1) is 11.0 Å². The summed E-state index contributed by atoms with van der Waals surface area (Å²) >= 11 is 0. The van der Waals surface area contributed by atoms with Gasteiger partial charge >= 0.3 is 0 Å². The molecule has 102 valence electrons. The highest BCUT2D eigenvalue weighted by Gasteiger charge is 2.08. The van der Waals surface area contributed by atoms with Crippen LogP contribution in [0.25, 0.3) is 11.0 Å². The highest BCUT2D eigenvalue weighted by molar-refractivity contribution is 5.79. The molecule has 0 aliphatic carbocycles. The molecule has 0 unspecified atom stereocenters. The van der Waals surface area contributed by atoms with E-state index < -0.39 is 11.6 Å². The smallest absolute Gasteiger partial charge is 0.159 e. The number of H-pyrrole nitrogens is 1. The molecular formula is C16H14F2N2. The van der Waals surface area contributed by atoms with Gasteiger partial charge in [0.1, 0.15) is 5.82 Å². The third-order valence-electron chi connectivity index (χ3n) is 3.33. The summed E-state index contributed by atoms with van der Waals surface area (Å²) in [5.41, 5.74) is 4.86. The largest absolute Gasteiger partial charge is 0.342 e. The molecule has 0 aliphatic heterocycles. The van der Waals surface area contributed by atoms with Crippen molar-refractivity contribution in [2.75, 3.05) is 0 Å². The van der Waals surface area contributed by atoms with Crippen LogP contribution in [0.1, 0.15) is 22.5 Å². The van der Waals surface area contributed by atoms with E-state index in [4.69, 9.17) is 0 Å². The van der Waals surface area contributed by atoms with Gasteiger partial charge in [0, 0.05) is 6.42 Å². The van der Waals surface area contributed by atoms with E-state index in [0.29, 0.717) is 12.0 Å². The quantitative estimate of drug-likeness (QED) is 0.749. The Bertz CT molecular complexity index is 791. The van der Waals surface area contributed by atoms with Gasteiger partial charge in [0.25, 0.3) is 0 Å². The third-order valence-corrected chi connectivity index (χ3v) is 3.33. The molecule has 3 rings (SSSR count). The average molecular weight is 272 g/mol. The van der Waals surface area contributed by atoms with Gasteiger partial charge in [-0.2, -0.15) is 0 Å². The fraction of sp³-hybridized carbons (Fsp3) is 0.188. The first-order valence-electron chi connectivity index (χ1n) is 6.43. The lowest BCUT2D eigenvalue weighted by atomic mass is 10.1. The number of fused-ring (bicyclic) bond motifs is 1. The van der Waals surface area contributed by atoms with Crippen LogP contribution in [0.15, 0.2) is 30.3 Å². The summed E-state index contributed by atoms with van der Waals surface area (Å²) in [4.78, 5) is 7.76. The van der Waals surface area contributed by atoms with Gasteiger partial charge in [-0.15, -0.1) is 0 Å². The van der Waals surface area contributed by atoms with E-state index in [0.717, 1.165) is 34.1 Å². The maximum absolute atomic E-state index is 13.2. The number of rotatable bonds is 2. The Kier molecular flexibility index (Phi) is 3.01. The lowest BCUT2D eigenvalue weighted by molar-refractivity contribution is 0.507. The summed E-state index contributed by atoms with van der Waals surface area (Å²) in [5.74, 6) is -0.907. The molecule has 1 N–H and O–H groups in total. The molecule has 0 bridgehead atoms. The first-order chi connectivity index (χ1) is 9.52. The Morgan fingerprint density at radius 3 is 2.60 bits per heavy atom. The molecule has 1 aromatic heterocycles. The minimum absolute atomic E-state index is 0.449. The van der Waals surface area contributed by atoms with Gasteiger partial charge in [0.2, 0.25) is 0 Å². The van der Waals surface area contributed by atoms with E-state index in [1.165, 1.54) is 6.07 Å². The summed E-state index contributed by atoms with van der Waals surface area (Å²) in [6.07, 6.45) is 0.449. The van der Waals surface area contributed by atoms with Gasteiger partial charge < -0.3 is 4.98 Å². The molecule has 0 spiro atoms. The lowest BCUT2D eigenvalue weighted by Crippen LogP contribution is -1.93. The van der Waals surface area contributed by atoms with Crippen LogP contribution in [-0.2, 0) is 6.42 Å². The second-order valence-electron chi connectivity index (χ2n) is 5.09. The average Bonchev–Trinajstić information content (AvgIpc) is 2.76. The van der Waals surface area contributed by atoms with E-state index in [1.54, 1.807) is 6.07 Å². The van der Waals surface area contributed by atoms with Crippen molar-refractivity contribution in [3.63, 3.8) is 0 Å². The molecule has 3 aromatic rings. The first-order valence-corrected chi connectivity index (χ1v) is 6.43. The van der Waals surface area contributed by atoms with Crippen LogP contribution < -0.4 is 0 Å². The van der Waals surface area contributed by atoms with Crippen molar-refractivity contribution in [1.29, 1.82) is 0 Å². The minimum Gasteiger partial charge on any atom is -0.342 e. The van der Waals surface area contributed by atoms with Gasteiger partial charge in [-0.3, -0.25) is 0 Å². The fourth-order valence-corrected chi connectivity index (χ4v) is 2.45. The van der Waals surface area contributed by atoms with Crippen molar-refractivity contribution in [3.05, 3.63) is 64.5 Å². The number of benzene rings is 2. The van der Waals surface area contributed by atoms with Crippen molar-refractivity contribution in [3.8, 4) is 0 Å². The summed E-state index contributed by atoms with van der Waals surface area (Å²) < 4.78 is 26.1. The first kappa shape index (κ1) is 12.8. The van der Waals surface area contributed by atoms with Crippen LogP contribution in [0.2, 0.25) is 0 Å². The number of aromatic amines is 1. The summed E-state index contributed by atoms with van der Waals surface area (Å²) in [5, 5.41) is 0. The predicted molar refractivity (Wildman–Crippen MR) is 74.7 cm³/mol. The standard InChI is InChI=1S/C16H14F2N2/c1-9-5-10(2)16-14(6-9)19-15(20-16)8-11-3-4-12(17)13(18)7-11/h3-7H,8H2,1-2H3,(H,19,20). The zero-order valence-electron chi connectivity index (χ0n) is 11.3. The number of halogens is 2. The molecule has 0 radical (unpaired) electrons. The van der Waals surface area contributed by atoms with E-state index >= 15 is 0 Å². The molecular weight excluding hydrogens is 258 g/mol. The highest BCUT2D eigenvalue weighted by Crippen LogP contribution is 2.20. The number of imidazole rings is 1. The summed E-state index contributed by atoms with van der Waals surface area (Å²) in [7, 11) is 0. The molecule has 0 fully saturated rings. The Morgan fingerprint density at radius 1 is 1.05 bits per heavy atom. The molecule has 2 nitrogen and oxygen atoms in total. The minimum atomic E-state index is -0.829. The molecule has 1 heterocycles. The van der Waals surface area contributed by atoms with Crippen LogP contribution in [0, 0.1) is 25.5 Å². The number of hydrogen-bond donors (Lipinski definition) is 1. The summed E-state index contributed by atoms with van der Waals surface area (Å²) in [6, 6.07) is 8.03. The van der Waals surface area contributed by atoms with Crippen LogP contribution >= 0.6 is 0 Å². The van der Waals surface area contributed by atoms with E-state index in [1.807, 2.05) is 19.9 Å². The van der Waals surface area contributed by atoms with Crippen LogP contribution in [0.3, 0.4) is 0 Å². The van der Waals surface area contributed by atoms with Gasteiger partial charge in [-0.1, -0.05) is 12.1 Å². The molecule has 4 heteroatoms. The number of aryl methyl sites for hydroxylation is 2. The molecule has 0 saturated heterocycles. The topological polar surface area (TPSA) is 28.7 Å². The Balaban J connectivity index is 1.98. The Morgan fingerprint density at radius 2 is 1.85 bits per heavy atom. The second-order valence-corrected chi connectivity index (χ2v) is 5.09. The van der Waals surface area contributed by atoms with Crippen LogP contribution in [-0.4, -0.2) is 9.97 Å². The maximum atomic E-state index is 13.2. The SMILES string of the molecule is Cc1cc(C)c2nc(Cc3ccc(F)c(F)c3)[nH]c2c1. The third kappa shape index (κ3) is 2.29. The Hall–Kier alpha value is -2.23. The van der Waals surface area contributed by atoms with Crippen molar-refractivity contribution in [2.24, 2.45) is 0 Å². The van der Waals surface area contributed by atoms with Crippen LogP contribution in [0.4, 0.5) is 8.78 Å². The molecule has 20 heavy (non-hydrogen) atoms. The summed E-state index contributed by atoms with van der Waals surface area (Å²) in [6.45, 7) is 4.04. The van der Waals surface area contributed by atoms with Gasteiger partial charge in [0.15, 0.2) is 11.6 Å². The molecule has 0 aliphatic rings. The maximum Gasteiger partial charge on any atom is 0.159 e. The molecule has 0 saturated carbocycles. The highest BCUT2D eigenvalue weighted by atomic mass is 19.2. The van der Waals surface area contributed by atoms with E-state index in [9.17, 15) is 8.78 Å². The van der Waals surface area contributed by atoms with Crippen LogP contribution in [0.5, 0.6) is 0 Å². The molecule has 2 aromatic carbocycles. The normalized spacial score (nSPS) is 11.2. The van der Waals surface area contributed by atoms with E-state index in [-0.39, 0.29) is 0 Å². The monoisotopic (exact) mass is 272 g/mol. The lowest BCUT2D eigenvalue weighted by Gasteiger charge is -1.99. The van der Waals surface area contributed by atoms with Crippen molar-refractivity contribution in [2.45, 2.75) is 20.3 Å².